The summed E-state index contributed by atoms with van der Waals surface area (Å²) in [5, 5.41) is 9.82. The molecule has 0 heterocycles. The molecular weight excluding hydrogens is 320 g/mol. The van der Waals surface area contributed by atoms with Crippen LogP contribution in [0.4, 0.5) is 0 Å². The standard InChI is InChI=1S/C20H30O5/c1-5-6-14-24-20(18(22)23,15-17(21)25-19(2,3)4)13-12-16-10-8-7-9-11-16/h7-11H,5-6,12-15H2,1-4H3,(H,22,23)/t20-/m1/s1. The minimum Gasteiger partial charge on any atom is -0.479 e. The van der Waals surface area contributed by atoms with Crippen molar-refractivity contribution in [2.75, 3.05) is 6.61 Å². The van der Waals surface area contributed by atoms with Gasteiger partial charge in [-0.3, -0.25) is 4.79 Å². The first-order chi connectivity index (χ1) is 11.7. The summed E-state index contributed by atoms with van der Waals surface area (Å²) in [4.78, 5) is 24.3. The Bertz CT molecular complexity index is 547. The largest absolute Gasteiger partial charge is 0.479 e. The van der Waals surface area contributed by atoms with Crippen molar-refractivity contribution < 1.29 is 24.2 Å². The van der Waals surface area contributed by atoms with E-state index in [0.717, 1.165) is 18.4 Å². The lowest BCUT2D eigenvalue weighted by molar-refractivity contribution is -0.180. The van der Waals surface area contributed by atoms with E-state index in [1.807, 2.05) is 37.3 Å². The summed E-state index contributed by atoms with van der Waals surface area (Å²) in [7, 11) is 0. The molecule has 0 spiro atoms. The number of aryl methyl sites for hydroxylation is 1. The topological polar surface area (TPSA) is 72.8 Å². The van der Waals surface area contributed by atoms with E-state index in [2.05, 4.69) is 0 Å². The monoisotopic (exact) mass is 350 g/mol. The number of carbonyl (C=O) groups is 2. The van der Waals surface area contributed by atoms with Gasteiger partial charge in [0.05, 0.1) is 6.42 Å². The number of unbranched alkanes of at least 4 members (excludes halogenated alkanes) is 1. The molecule has 5 heteroatoms. The quantitative estimate of drug-likeness (QED) is 0.510. The Labute approximate surface area is 150 Å². The van der Waals surface area contributed by atoms with E-state index in [0.29, 0.717) is 13.0 Å². The normalized spacial score (nSPS) is 13.9. The summed E-state index contributed by atoms with van der Waals surface area (Å²) < 4.78 is 11.1. The van der Waals surface area contributed by atoms with Crippen LogP contribution in [0.25, 0.3) is 0 Å². The van der Waals surface area contributed by atoms with Gasteiger partial charge in [0.1, 0.15) is 5.60 Å². The maximum atomic E-state index is 12.3. The number of rotatable bonds is 10. The summed E-state index contributed by atoms with van der Waals surface area (Å²) in [6.45, 7) is 7.59. The number of benzene rings is 1. The van der Waals surface area contributed by atoms with Crippen LogP contribution in [0.2, 0.25) is 0 Å². The molecule has 0 saturated heterocycles. The molecule has 1 aromatic rings. The first-order valence-electron chi connectivity index (χ1n) is 8.81. The third-order valence-corrected chi connectivity index (χ3v) is 3.78. The maximum absolute atomic E-state index is 12.3. The summed E-state index contributed by atoms with van der Waals surface area (Å²) in [5.41, 5.74) is -1.21. The molecule has 5 nitrogen and oxygen atoms in total. The number of hydrogen-bond acceptors (Lipinski definition) is 4. The van der Waals surface area contributed by atoms with Gasteiger partial charge in [-0.15, -0.1) is 0 Å². The van der Waals surface area contributed by atoms with Crippen molar-refractivity contribution in [1.82, 2.24) is 0 Å². The molecule has 0 aliphatic heterocycles. The molecule has 1 rings (SSSR count). The van der Waals surface area contributed by atoms with Crippen LogP contribution in [0.1, 0.15) is 58.9 Å². The Hall–Kier alpha value is -1.88. The summed E-state index contributed by atoms with van der Waals surface area (Å²) in [5.74, 6) is -1.68. The van der Waals surface area contributed by atoms with Crippen molar-refractivity contribution in [3.05, 3.63) is 35.9 Å². The third-order valence-electron chi connectivity index (χ3n) is 3.78. The molecule has 0 aliphatic carbocycles. The number of hydrogen-bond donors (Lipinski definition) is 1. The molecule has 1 N–H and O–H groups in total. The second-order valence-electron chi connectivity index (χ2n) is 7.25. The lowest BCUT2D eigenvalue weighted by atomic mass is 9.91. The van der Waals surface area contributed by atoms with Gasteiger partial charge in [0.15, 0.2) is 5.60 Å². The molecule has 0 unspecified atom stereocenters. The van der Waals surface area contributed by atoms with Crippen molar-refractivity contribution in [2.24, 2.45) is 0 Å². The lowest BCUT2D eigenvalue weighted by Gasteiger charge is -2.30. The van der Waals surface area contributed by atoms with Crippen LogP contribution in [0.5, 0.6) is 0 Å². The van der Waals surface area contributed by atoms with Gasteiger partial charge in [-0.2, -0.15) is 0 Å². The number of carboxylic acid groups (broad SMARTS) is 1. The van der Waals surface area contributed by atoms with Gasteiger partial charge in [0.2, 0.25) is 0 Å². The Morgan fingerprint density at radius 3 is 2.28 bits per heavy atom. The Kier molecular flexibility index (Phi) is 8.10. The molecule has 1 aromatic carbocycles. The van der Waals surface area contributed by atoms with Crippen molar-refractivity contribution in [3.63, 3.8) is 0 Å². The molecule has 0 fully saturated rings. The molecular formula is C20H30O5. The summed E-state index contributed by atoms with van der Waals surface area (Å²) in [6.07, 6.45) is 2.07. The van der Waals surface area contributed by atoms with Gasteiger partial charge >= 0.3 is 11.9 Å². The van der Waals surface area contributed by atoms with E-state index in [1.54, 1.807) is 20.8 Å². The Balaban J connectivity index is 2.92. The number of carboxylic acids is 1. The van der Waals surface area contributed by atoms with Gasteiger partial charge in [-0.05, 0) is 45.6 Å². The predicted octanol–water partition coefficient (Wildman–Crippen LogP) is 3.99. The van der Waals surface area contributed by atoms with Crippen molar-refractivity contribution in [2.45, 2.75) is 71.0 Å². The van der Waals surface area contributed by atoms with Gasteiger partial charge < -0.3 is 14.6 Å². The highest BCUT2D eigenvalue weighted by Gasteiger charge is 2.42. The van der Waals surface area contributed by atoms with Crippen LogP contribution < -0.4 is 0 Å². The molecule has 0 amide bonds. The molecule has 0 aliphatic rings. The van der Waals surface area contributed by atoms with Crippen molar-refractivity contribution in [3.8, 4) is 0 Å². The molecule has 0 saturated carbocycles. The lowest BCUT2D eigenvalue weighted by Crippen LogP contribution is -2.45. The van der Waals surface area contributed by atoms with Gasteiger partial charge in [0.25, 0.3) is 0 Å². The second kappa shape index (κ2) is 9.56. The third kappa shape index (κ3) is 7.69. The highest BCUT2D eigenvalue weighted by molar-refractivity contribution is 5.84. The minimum atomic E-state index is -1.56. The van der Waals surface area contributed by atoms with Gasteiger partial charge in [-0.25, -0.2) is 4.79 Å². The number of esters is 1. The van der Waals surface area contributed by atoms with Crippen molar-refractivity contribution >= 4 is 11.9 Å². The van der Waals surface area contributed by atoms with Crippen LogP contribution in [0.3, 0.4) is 0 Å². The second-order valence-corrected chi connectivity index (χ2v) is 7.25. The SMILES string of the molecule is CCCCO[C@](CCc1ccccc1)(CC(=O)OC(C)(C)C)C(=O)O. The summed E-state index contributed by atoms with van der Waals surface area (Å²) >= 11 is 0. The molecule has 25 heavy (non-hydrogen) atoms. The van der Waals surface area contributed by atoms with E-state index in [4.69, 9.17) is 9.47 Å². The maximum Gasteiger partial charge on any atom is 0.336 e. The Morgan fingerprint density at radius 2 is 1.76 bits per heavy atom. The first-order valence-corrected chi connectivity index (χ1v) is 8.81. The average molecular weight is 350 g/mol. The van der Waals surface area contributed by atoms with Crippen LogP contribution in [0.15, 0.2) is 30.3 Å². The van der Waals surface area contributed by atoms with Crippen LogP contribution >= 0.6 is 0 Å². The van der Waals surface area contributed by atoms with E-state index in [1.165, 1.54) is 0 Å². The molecule has 1 atom stereocenters. The van der Waals surface area contributed by atoms with Gasteiger partial charge in [-0.1, -0.05) is 43.7 Å². The van der Waals surface area contributed by atoms with Crippen LogP contribution in [0, 0.1) is 0 Å². The Morgan fingerprint density at radius 1 is 1.12 bits per heavy atom. The highest BCUT2D eigenvalue weighted by Crippen LogP contribution is 2.26. The first kappa shape index (κ1) is 21.2. The van der Waals surface area contributed by atoms with E-state index >= 15 is 0 Å². The fraction of sp³-hybridized carbons (Fsp3) is 0.600. The van der Waals surface area contributed by atoms with E-state index in [9.17, 15) is 14.7 Å². The van der Waals surface area contributed by atoms with Crippen LogP contribution in [-0.2, 0) is 25.5 Å². The fourth-order valence-corrected chi connectivity index (χ4v) is 2.47. The number of carbonyl (C=O) groups excluding carboxylic acids is 1. The van der Waals surface area contributed by atoms with Gasteiger partial charge in [0, 0.05) is 6.61 Å². The minimum absolute atomic E-state index is 0.218. The smallest absolute Gasteiger partial charge is 0.336 e. The zero-order chi connectivity index (χ0) is 18.9. The molecule has 0 aromatic heterocycles. The molecule has 140 valence electrons. The predicted molar refractivity (Wildman–Crippen MR) is 96.5 cm³/mol. The van der Waals surface area contributed by atoms with E-state index in [-0.39, 0.29) is 12.8 Å². The highest BCUT2D eigenvalue weighted by atomic mass is 16.6. The zero-order valence-corrected chi connectivity index (χ0v) is 15.7. The fourth-order valence-electron chi connectivity index (χ4n) is 2.47. The van der Waals surface area contributed by atoms with Crippen molar-refractivity contribution in [1.29, 1.82) is 0 Å². The molecule has 0 radical (unpaired) electrons. The number of aliphatic carboxylic acids is 1. The zero-order valence-electron chi connectivity index (χ0n) is 15.7. The van der Waals surface area contributed by atoms with E-state index < -0.39 is 23.1 Å². The van der Waals surface area contributed by atoms with Crippen LogP contribution in [-0.4, -0.2) is 34.9 Å². The average Bonchev–Trinajstić information content (AvgIpc) is 2.51. The number of ether oxygens (including phenoxy) is 2. The molecule has 0 bridgehead atoms. The summed E-state index contributed by atoms with van der Waals surface area (Å²) in [6, 6.07) is 9.60.